The van der Waals surface area contributed by atoms with Crippen molar-refractivity contribution in [2.75, 3.05) is 7.11 Å². The first-order chi connectivity index (χ1) is 8.20. The van der Waals surface area contributed by atoms with Crippen LogP contribution in [0.4, 0.5) is 0 Å². The molecule has 1 aromatic heterocycles. The molecular formula is C13H19NO3. The lowest BCUT2D eigenvalue weighted by atomic mass is 10.1. The second-order valence-electron chi connectivity index (χ2n) is 4.69. The maximum absolute atomic E-state index is 11.6. The van der Waals surface area contributed by atoms with E-state index in [1.54, 1.807) is 6.26 Å². The number of hydrogen-bond acceptors (Lipinski definition) is 4. The minimum absolute atomic E-state index is 0.154. The molecule has 94 valence electrons. The Morgan fingerprint density at radius 1 is 1.65 bits per heavy atom. The number of methoxy groups -OCH3 is 1. The Bertz CT molecular complexity index is 357. The van der Waals surface area contributed by atoms with Crippen LogP contribution in [0, 0.1) is 5.92 Å². The molecule has 0 bridgehead atoms. The van der Waals surface area contributed by atoms with E-state index < -0.39 is 0 Å². The highest BCUT2D eigenvalue weighted by molar-refractivity contribution is 5.76. The molecule has 1 aromatic rings. The smallest absolute Gasteiger partial charge is 0.323 e. The third-order valence-electron chi connectivity index (χ3n) is 3.10. The summed E-state index contributed by atoms with van der Waals surface area (Å²) in [6.45, 7) is 2.06. The van der Waals surface area contributed by atoms with Crippen molar-refractivity contribution >= 4 is 5.97 Å². The first kappa shape index (κ1) is 12.2. The Kier molecular flexibility index (Phi) is 3.84. The van der Waals surface area contributed by atoms with E-state index in [1.165, 1.54) is 7.11 Å². The van der Waals surface area contributed by atoms with Crippen molar-refractivity contribution in [3.05, 3.63) is 24.2 Å². The monoisotopic (exact) mass is 237 g/mol. The summed E-state index contributed by atoms with van der Waals surface area (Å²) in [5.41, 5.74) is 0. The summed E-state index contributed by atoms with van der Waals surface area (Å²) in [5.74, 6) is 1.23. The topological polar surface area (TPSA) is 51.5 Å². The van der Waals surface area contributed by atoms with Gasteiger partial charge in [0.25, 0.3) is 0 Å². The van der Waals surface area contributed by atoms with Crippen LogP contribution in [0.2, 0.25) is 0 Å². The lowest BCUT2D eigenvalue weighted by Crippen LogP contribution is -2.45. The lowest BCUT2D eigenvalue weighted by molar-refractivity contribution is -0.144. The summed E-state index contributed by atoms with van der Waals surface area (Å²) in [6.07, 6.45) is 4.68. The van der Waals surface area contributed by atoms with E-state index in [4.69, 9.17) is 9.15 Å². The molecule has 17 heavy (non-hydrogen) atoms. The SMILES string of the molecule is COC(=O)C(NC(C)Cc1ccco1)C1CC1. The molecule has 1 N–H and O–H groups in total. The highest BCUT2D eigenvalue weighted by atomic mass is 16.5. The van der Waals surface area contributed by atoms with Crippen molar-refractivity contribution in [2.45, 2.75) is 38.3 Å². The highest BCUT2D eigenvalue weighted by Crippen LogP contribution is 2.33. The van der Waals surface area contributed by atoms with Gasteiger partial charge in [0.1, 0.15) is 11.8 Å². The molecule has 2 atom stereocenters. The fourth-order valence-corrected chi connectivity index (χ4v) is 2.05. The Morgan fingerprint density at radius 3 is 2.94 bits per heavy atom. The van der Waals surface area contributed by atoms with Crippen LogP contribution in [0.25, 0.3) is 0 Å². The molecule has 0 aliphatic heterocycles. The Morgan fingerprint density at radius 2 is 2.41 bits per heavy atom. The molecule has 0 radical (unpaired) electrons. The molecule has 4 heteroatoms. The van der Waals surface area contributed by atoms with Crippen molar-refractivity contribution in [1.29, 1.82) is 0 Å². The van der Waals surface area contributed by atoms with Crippen molar-refractivity contribution in [2.24, 2.45) is 5.92 Å². The molecule has 1 heterocycles. The minimum atomic E-state index is -0.162. The predicted molar refractivity (Wildman–Crippen MR) is 63.5 cm³/mol. The molecule has 1 saturated carbocycles. The molecule has 0 saturated heterocycles. The van der Waals surface area contributed by atoms with Crippen LogP contribution < -0.4 is 5.32 Å². The highest BCUT2D eigenvalue weighted by Gasteiger charge is 2.37. The van der Waals surface area contributed by atoms with Gasteiger partial charge in [0, 0.05) is 12.5 Å². The van der Waals surface area contributed by atoms with Crippen molar-refractivity contribution in [1.82, 2.24) is 5.32 Å². The van der Waals surface area contributed by atoms with Crippen LogP contribution in [-0.2, 0) is 16.0 Å². The van der Waals surface area contributed by atoms with E-state index in [0.29, 0.717) is 5.92 Å². The molecule has 1 aliphatic rings. The van der Waals surface area contributed by atoms with Crippen molar-refractivity contribution < 1.29 is 13.9 Å². The Balaban J connectivity index is 1.86. The Hall–Kier alpha value is -1.29. The first-order valence-electron chi connectivity index (χ1n) is 6.07. The summed E-state index contributed by atoms with van der Waals surface area (Å²) in [6, 6.07) is 3.86. The summed E-state index contributed by atoms with van der Waals surface area (Å²) in [5, 5.41) is 3.33. The average Bonchev–Trinajstić information content (AvgIpc) is 3.04. The largest absolute Gasteiger partial charge is 0.469 e. The van der Waals surface area contributed by atoms with Crippen LogP contribution in [0.1, 0.15) is 25.5 Å². The fourth-order valence-electron chi connectivity index (χ4n) is 2.05. The Labute approximate surface area is 101 Å². The third-order valence-corrected chi connectivity index (χ3v) is 3.10. The van der Waals surface area contributed by atoms with E-state index >= 15 is 0 Å². The maximum atomic E-state index is 11.6. The lowest BCUT2D eigenvalue weighted by Gasteiger charge is -2.20. The van der Waals surface area contributed by atoms with Crippen LogP contribution >= 0.6 is 0 Å². The summed E-state index contributed by atoms with van der Waals surface area (Å²) in [4.78, 5) is 11.6. The quantitative estimate of drug-likeness (QED) is 0.766. The summed E-state index contributed by atoms with van der Waals surface area (Å²) < 4.78 is 10.1. The van der Waals surface area contributed by atoms with Crippen LogP contribution in [0.15, 0.2) is 22.8 Å². The molecule has 0 amide bonds. The number of furan rings is 1. The third kappa shape index (κ3) is 3.33. The summed E-state index contributed by atoms with van der Waals surface area (Å²) in [7, 11) is 1.44. The van der Waals surface area contributed by atoms with E-state index in [-0.39, 0.29) is 18.1 Å². The zero-order valence-electron chi connectivity index (χ0n) is 10.3. The second-order valence-corrected chi connectivity index (χ2v) is 4.69. The van der Waals surface area contributed by atoms with Gasteiger partial charge in [0.15, 0.2) is 0 Å². The van der Waals surface area contributed by atoms with Crippen molar-refractivity contribution in [3.8, 4) is 0 Å². The van der Waals surface area contributed by atoms with E-state index in [2.05, 4.69) is 12.2 Å². The minimum Gasteiger partial charge on any atom is -0.469 e. The predicted octanol–water partition coefficient (Wildman–Crippen LogP) is 1.75. The molecule has 4 nitrogen and oxygen atoms in total. The number of carbonyl (C=O) groups is 1. The number of nitrogens with one attached hydrogen (secondary N) is 1. The first-order valence-corrected chi connectivity index (χ1v) is 6.07. The van der Waals surface area contributed by atoms with Crippen LogP contribution in [0.5, 0.6) is 0 Å². The number of ether oxygens (including phenoxy) is 1. The van der Waals surface area contributed by atoms with Gasteiger partial charge in [-0.05, 0) is 37.8 Å². The molecular weight excluding hydrogens is 218 g/mol. The van der Waals surface area contributed by atoms with Gasteiger partial charge in [-0.25, -0.2) is 0 Å². The normalized spacial score (nSPS) is 18.7. The molecule has 0 aromatic carbocycles. The average molecular weight is 237 g/mol. The molecule has 1 fully saturated rings. The fraction of sp³-hybridized carbons (Fsp3) is 0.615. The number of rotatable bonds is 6. The molecule has 1 aliphatic carbocycles. The standard InChI is InChI=1S/C13H19NO3/c1-9(8-11-4-3-7-17-11)14-12(10-5-6-10)13(15)16-2/h3-4,7,9-10,12,14H,5-6,8H2,1-2H3. The van der Waals surface area contributed by atoms with Gasteiger partial charge in [0.2, 0.25) is 0 Å². The molecule has 2 rings (SSSR count). The van der Waals surface area contributed by atoms with Gasteiger partial charge in [0.05, 0.1) is 13.4 Å². The van der Waals surface area contributed by atoms with Gasteiger partial charge in [-0.15, -0.1) is 0 Å². The zero-order chi connectivity index (χ0) is 12.3. The van der Waals surface area contributed by atoms with Crippen LogP contribution in [-0.4, -0.2) is 25.2 Å². The van der Waals surface area contributed by atoms with Gasteiger partial charge in [-0.3, -0.25) is 4.79 Å². The summed E-state index contributed by atoms with van der Waals surface area (Å²) >= 11 is 0. The van der Waals surface area contributed by atoms with Gasteiger partial charge >= 0.3 is 5.97 Å². The van der Waals surface area contributed by atoms with Crippen LogP contribution in [0.3, 0.4) is 0 Å². The van der Waals surface area contributed by atoms with Gasteiger partial charge < -0.3 is 14.5 Å². The van der Waals surface area contributed by atoms with E-state index in [1.807, 2.05) is 12.1 Å². The maximum Gasteiger partial charge on any atom is 0.323 e. The van der Waals surface area contributed by atoms with Gasteiger partial charge in [-0.1, -0.05) is 0 Å². The van der Waals surface area contributed by atoms with E-state index in [0.717, 1.165) is 25.0 Å². The van der Waals surface area contributed by atoms with Crippen molar-refractivity contribution in [3.63, 3.8) is 0 Å². The number of hydrogen-bond donors (Lipinski definition) is 1. The number of esters is 1. The second kappa shape index (κ2) is 5.36. The zero-order valence-corrected chi connectivity index (χ0v) is 10.3. The molecule has 2 unspecified atom stereocenters. The molecule has 0 spiro atoms. The van der Waals surface area contributed by atoms with Gasteiger partial charge in [-0.2, -0.15) is 0 Å². The van der Waals surface area contributed by atoms with E-state index in [9.17, 15) is 4.79 Å². The number of carbonyl (C=O) groups excluding carboxylic acids is 1.